The van der Waals surface area contributed by atoms with E-state index in [0.717, 1.165) is 0 Å². The standard InChI is InChI=1S/C22H29F2N3O5S/c1-15(2)27(4)33(29,30)18-9-7-17(8-10-18)25-21(28)14-26(3)13-16-6-11-19(31-5)20(12-16)32-22(23)24/h6-12,15,22H,13-14H2,1-5H3,(H,25,28). The molecule has 11 heteroatoms. The van der Waals surface area contributed by atoms with Crippen LogP contribution in [0.2, 0.25) is 0 Å². The van der Waals surface area contributed by atoms with Gasteiger partial charge in [-0.2, -0.15) is 13.1 Å². The van der Waals surface area contributed by atoms with Crippen LogP contribution in [-0.4, -0.2) is 63.9 Å². The summed E-state index contributed by atoms with van der Waals surface area (Å²) in [6, 6.07) is 10.4. The van der Waals surface area contributed by atoms with Gasteiger partial charge < -0.3 is 14.8 Å². The van der Waals surface area contributed by atoms with Gasteiger partial charge in [0.15, 0.2) is 11.5 Å². The lowest BCUT2D eigenvalue weighted by molar-refractivity contribution is -0.117. The Morgan fingerprint density at radius 2 is 1.70 bits per heavy atom. The molecule has 0 aliphatic heterocycles. The van der Waals surface area contributed by atoms with Gasteiger partial charge in [-0.3, -0.25) is 9.69 Å². The van der Waals surface area contributed by atoms with Gasteiger partial charge in [-0.25, -0.2) is 8.42 Å². The molecule has 0 atom stereocenters. The number of benzene rings is 2. The first-order chi connectivity index (χ1) is 15.4. The molecule has 182 valence electrons. The second-order valence-corrected chi connectivity index (χ2v) is 9.72. The number of amides is 1. The molecular weight excluding hydrogens is 456 g/mol. The molecule has 1 N–H and O–H groups in total. The fraction of sp³-hybridized carbons (Fsp3) is 0.409. The summed E-state index contributed by atoms with van der Waals surface area (Å²) in [7, 11) is 0.962. The Bertz CT molecular complexity index is 1050. The number of nitrogens with zero attached hydrogens (tertiary/aromatic N) is 2. The highest BCUT2D eigenvalue weighted by molar-refractivity contribution is 7.89. The molecular formula is C22H29F2N3O5S. The summed E-state index contributed by atoms with van der Waals surface area (Å²) in [6.07, 6.45) is 0. The number of anilines is 1. The number of sulfonamides is 1. The van der Waals surface area contributed by atoms with Crippen molar-refractivity contribution >= 4 is 21.6 Å². The highest BCUT2D eigenvalue weighted by atomic mass is 32.2. The zero-order chi connectivity index (χ0) is 24.8. The van der Waals surface area contributed by atoms with Crippen LogP contribution in [0.4, 0.5) is 14.5 Å². The first kappa shape index (κ1) is 26.5. The first-order valence-corrected chi connectivity index (χ1v) is 11.6. The predicted octanol–water partition coefficient (Wildman–Crippen LogP) is 3.40. The molecule has 0 bridgehead atoms. The lowest BCUT2D eigenvalue weighted by atomic mass is 10.2. The number of methoxy groups -OCH3 is 1. The van der Waals surface area contributed by atoms with Crippen LogP contribution < -0.4 is 14.8 Å². The monoisotopic (exact) mass is 485 g/mol. The smallest absolute Gasteiger partial charge is 0.387 e. The third-order valence-corrected chi connectivity index (χ3v) is 6.90. The fourth-order valence-corrected chi connectivity index (χ4v) is 4.34. The number of hydrogen-bond acceptors (Lipinski definition) is 6. The Kier molecular flexibility index (Phi) is 9.15. The van der Waals surface area contributed by atoms with Crippen molar-refractivity contribution in [2.75, 3.05) is 33.1 Å². The van der Waals surface area contributed by atoms with E-state index in [1.807, 2.05) is 0 Å². The quantitative estimate of drug-likeness (QED) is 0.525. The second kappa shape index (κ2) is 11.4. The number of rotatable bonds is 11. The van der Waals surface area contributed by atoms with Crippen molar-refractivity contribution in [2.45, 2.75) is 37.9 Å². The average Bonchev–Trinajstić information content (AvgIpc) is 2.73. The summed E-state index contributed by atoms with van der Waals surface area (Å²) in [5.74, 6) is -0.213. The molecule has 2 rings (SSSR count). The van der Waals surface area contributed by atoms with E-state index in [1.54, 1.807) is 31.9 Å². The third-order valence-electron chi connectivity index (χ3n) is 4.85. The van der Waals surface area contributed by atoms with E-state index in [0.29, 0.717) is 17.8 Å². The van der Waals surface area contributed by atoms with Gasteiger partial charge in [0.25, 0.3) is 0 Å². The van der Waals surface area contributed by atoms with Gasteiger partial charge in [0.2, 0.25) is 15.9 Å². The lowest BCUT2D eigenvalue weighted by Gasteiger charge is -2.21. The van der Waals surface area contributed by atoms with Crippen LogP contribution >= 0.6 is 0 Å². The maximum atomic E-state index is 12.6. The fourth-order valence-electron chi connectivity index (χ4n) is 2.97. The average molecular weight is 486 g/mol. The Balaban J connectivity index is 1.98. The van der Waals surface area contributed by atoms with Crippen LogP contribution in [0.25, 0.3) is 0 Å². The molecule has 0 aliphatic rings. The Hall–Kier alpha value is -2.76. The molecule has 0 saturated carbocycles. The molecule has 2 aromatic carbocycles. The van der Waals surface area contributed by atoms with Crippen molar-refractivity contribution < 1.29 is 31.5 Å². The van der Waals surface area contributed by atoms with Crippen molar-refractivity contribution in [1.29, 1.82) is 0 Å². The normalized spacial score (nSPS) is 12.0. The Labute approximate surface area is 193 Å². The van der Waals surface area contributed by atoms with E-state index in [2.05, 4.69) is 10.1 Å². The van der Waals surface area contributed by atoms with Gasteiger partial charge in [0.05, 0.1) is 18.6 Å². The van der Waals surface area contributed by atoms with E-state index < -0.39 is 16.6 Å². The van der Waals surface area contributed by atoms with E-state index in [1.165, 1.54) is 54.9 Å². The Morgan fingerprint density at radius 3 is 2.24 bits per heavy atom. The van der Waals surface area contributed by atoms with Gasteiger partial charge in [-0.15, -0.1) is 0 Å². The van der Waals surface area contributed by atoms with Crippen LogP contribution in [0.15, 0.2) is 47.4 Å². The minimum absolute atomic E-state index is 0.0210. The summed E-state index contributed by atoms with van der Waals surface area (Å²) >= 11 is 0. The molecule has 0 saturated heterocycles. The molecule has 2 aromatic rings. The molecule has 0 fully saturated rings. The molecule has 0 heterocycles. The summed E-state index contributed by atoms with van der Waals surface area (Å²) < 4.78 is 61.0. The summed E-state index contributed by atoms with van der Waals surface area (Å²) in [5.41, 5.74) is 1.11. The summed E-state index contributed by atoms with van der Waals surface area (Å²) in [6.45, 7) is 0.899. The topological polar surface area (TPSA) is 88.2 Å². The molecule has 8 nitrogen and oxygen atoms in total. The van der Waals surface area contributed by atoms with Gasteiger partial charge in [-0.05, 0) is 62.9 Å². The maximum Gasteiger partial charge on any atom is 0.387 e. The van der Waals surface area contributed by atoms with Crippen LogP contribution in [0.3, 0.4) is 0 Å². The number of nitrogens with one attached hydrogen (secondary N) is 1. The molecule has 0 radical (unpaired) electrons. The number of carbonyl (C=O) groups is 1. The van der Waals surface area contributed by atoms with E-state index in [-0.39, 0.29) is 34.9 Å². The van der Waals surface area contributed by atoms with Crippen molar-refractivity contribution in [1.82, 2.24) is 9.21 Å². The van der Waals surface area contributed by atoms with Crippen LogP contribution in [0, 0.1) is 0 Å². The van der Waals surface area contributed by atoms with E-state index >= 15 is 0 Å². The first-order valence-electron chi connectivity index (χ1n) is 10.1. The number of likely N-dealkylation sites (N-methyl/N-ethyl adjacent to an activating group) is 1. The largest absolute Gasteiger partial charge is 0.493 e. The van der Waals surface area contributed by atoms with Crippen molar-refractivity contribution in [3.05, 3.63) is 48.0 Å². The SMILES string of the molecule is COc1ccc(CN(C)CC(=O)Nc2ccc(S(=O)(=O)N(C)C(C)C)cc2)cc1OC(F)F. The van der Waals surface area contributed by atoms with Gasteiger partial charge >= 0.3 is 6.61 Å². The van der Waals surface area contributed by atoms with Crippen molar-refractivity contribution in [3.8, 4) is 11.5 Å². The number of ether oxygens (including phenoxy) is 2. The number of carbonyl (C=O) groups excluding carboxylic acids is 1. The molecule has 1 amide bonds. The maximum absolute atomic E-state index is 12.6. The summed E-state index contributed by atoms with van der Waals surface area (Å²) in [4.78, 5) is 14.2. The minimum atomic E-state index is -3.61. The van der Waals surface area contributed by atoms with Crippen molar-refractivity contribution in [2.24, 2.45) is 0 Å². The lowest BCUT2D eigenvalue weighted by Crippen LogP contribution is -2.33. The van der Waals surface area contributed by atoms with Crippen molar-refractivity contribution in [3.63, 3.8) is 0 Å². The molecule has 0 spiro atoms. The molecule has 33 heavy (non-hydrogen) atoms. The van der Waals surface area contributed by atoms with Gasteiger partial charge in [-0.1, -0.05) is 6.07 Å². The number of alkyl halides is 2. The van der Waals surface area contributed by atoms with Crippen LogP contribution in [0.5, 0.6) is 11.5 Å². The zero-order valence-corrected chi connectivity index (χ0v) is 20.0. The third kappa shape index (κ3) is 7.37. The molecule has 0 aliphatic carbocycles. The van der Waals surface area contributed by atoms with Crippen LogP contribution in [0.1, 0.15) is 19.4 Å². The van der Waals surface area contributed by atoms with Gasteiger partial charge in [0.1, 0.15) is 0 Å². The molecule has 0 unspecified atom stereocenters. The van der Waals surface area contributed by atoms with Crippen LogP contribution in [-0.2, 0) is 21.4 Å². The summed E-state index contributed by atoms with van der Waals surface area (Å²) in [5, 5.41) is 2.71. The zero-order valence-electron chi connectivity index (χ0n) is 19.2. The Morgan fingerprint density at radius 1 is 1.06 bits per heavy atom. The number of halogens is 2. The minimum Gasteiger partial charge on any atom is -0.493 e. The van der Waals surface area contributed by atoms with E-state index in [9.17, 15) is 22.0 Å². The number of hydrogen-bond donors (Lipinski definition) is 1. The van der Waals surface area contributed by atoms with E-state index in [4.69, 9.17) is 4.74 Å². The molecule has 0 aromatic heterocycles. The highest BCUT2D eigenvalue weighted by Crippen LogP contribution is 2.30. The predicted molar refractivity (Wildman–Crippen MR) is 121 cm³/mol. The second-order valence-electron chi connectivity index (χ2n) is 7.72. The highest BCUT2D eigenvalue weighted by Gasteiger charge is 2.23. The van der Waals surface area contributed by atoms with Gasteiger partial charge in [0, 0.05) is 25.3 Å².